The predicted octanol–water partition coefficient (Wildman–Crippen LogP) is 5.05. The summed E-state index contributed by atoms with van der Waals surface area (Å²) in [5, 5.41) is 4.67. The highest BCUT2D eigenvalue weighted by Crippen LogP contribution is 2.32. The van der Waals surface area contributed by atoms with Crippen LogP contribution in [0.1, 0.15) is 18.5 Å². The lowest BCUT2D eigenvalue weighted by Crippen LogP contribution is -2.15. The molecule has 0 fully saturated rings. The number of nitrogens with one attached hydrogen (secondary N) is 2. The smallest absolute Gasteiger partial charge is 0.266 e. The zero-order valence-corrected chi connectivity index (χ0v) is 16.3. The average Bonchev–Trinajstić information content (AvgIpc) is 3.09. The van der Waals surface area contributed by atoms with Crippen LogP contribution in [0.2, 0.25) is 5.02 Å². The molecule has 0 aliphatic heterocycles. The molecule has 1 heterocycles. The minimum Gasteiger partial charge on any atom is -0.377 e. The molecule has 142 valence electrons. The number of thiazole rings is 1. The normalized spacial score (nSPS) is 12.6. The molecule has 0 aliphatic carbocycles. The Morgan fingerprint density at radius 2 is 2.00 bits per heavy atom. The van der Waals surface area contributed by atoms with Gasteiger partial charge in [0.15, 0.2) is 5.13 Å². The first-order chi connectivity index (χ1) is 12.8. The van der Waals surface area contributed by atoms with E-state index in [1.54, 1.807) is 24.4 Å². The van der Waals surface area contributed by atoms with Crippen molar-refractivity contribution in [1.82, 2.24) is 4.98 Å². The molecule has 0 saturated heterocycles. The van der Waals surface area contributed by atoms with Crippen LogP contribution >= 0.6 is 22.9 Å². The summed E-state index contributed by atoms with van der Waals surface area (Å²) in [5.74, 6) is -1.37. The van der Waals surface area contributed by atoms with Gasteiger partial charge in [-0.05, 0) is 36.8 Å². The van der Waals surface area contributed by atoms with Crippen molar-refractivity contribution in [3.05, 3.63) is 70.2 Å². The van der Waals surface area contributed by atoms with Gasteiger partial charge in [-0.1, -0.05) is 23.7 Å². The van der Waals surface area contributed by atoms with Crippen molar-refractivity contribution >= 4 is 43.8 Å². The zero-order valence-electron chi connectivity index (χ0n) is 13.9. The summed E-state index contributed by atoms with van der Waals surface area (Å²) in [6, 6.07) is 7.57. The molecular weight excluding hydrogens is 416 g/mol. The van der Waals surface area contributed by atoms with Gasteiger partial charge in [-0.2, -0.15) is 0 Å². The Kier molecular flexibility index (Phi) is 5.64. The van der Waals surface area contributed by atoms with Crippen LogP contribution in [0.4, 0.5) is 19.6 Å². The van der Waals surface area contributed by atoms with Crippen molar-refractivity contribution in [1.29, 1.82) is 0 Å². The van der Waals surface area contributed by atoms with Gasteiger partial charge in [-0.25, -0.2) is 22.2 Å². The highest BCUT2D eigenvalue weighted by Gasteiger charge is 2.23. The van der Waals surface area contributed by atoms with Gasteiger partial charge in [0.05, 0.1) is 10.7 Å². The molecule has 0 aliphatic rings. The highest BCUT2D eigenvalue weighted by atomic mass is 35.5. The van der Waals surface area contributed by atoms with E-state index >= 15 is 0 Å². The second-order valence-corrected chi connectivity index (χ2v) is 8.58. The van der Waals surface area contributed by atoms with E-state index in [0.717, 1.165) is 23.5 Å². The summed E-state index contributed by atoms with van der Waals surface area (Å²) < 4.78 is 54.7. The molecular formula is C17H14ClF2N3O2S2. The molecule has 27 heavy (non-hydrogen) atoms. The van der Waals surface area contributed by atoms with Crippen LogP contribution in [0, 0.1) is 11.6 Å². The number of nitrogens with zero attached hydrogens (tertiary/aromatic N) is 1. The van der Waals surface area contributed by atoms with Crippen LogP contribution in [-0.4, -0.2) is 13.4 Å². The standard InChI is InChI=1S/C17H14ClF2N3O2S2/c1-10(11-3-2-4-12(19)7-11)22-15-9-14(20)16(8-13(15)18)27(24,25)23-17-21-5-6-26-17/h2-10,22H,1H3,(H,21,23). The third-order valence-corrected chi connectivity index (χ3v) is 6.17. The lowest BCUT2D eigenvalue weighted by Gasteiger charge is -2.18. The van der Waals surface area contributed by atoms with Gasteiger partial charge in [-0.15, -0.1) is 11.3 Å². The molecule has 0 spiro atoms. The Morgan fingerprint density at radius 1 is 1.22 bits per heavy atom. The van der Waals surface area contributed by atoms with Crippen LogP contribution in [0.15, 0.2) is 52.9 Å². The molecule has 3 aromatic rings. The fourth-order valence-electron chi connectivity index (χ4n) is 2.38. The summed E-state index contributed by atoms with van der Waals surface area (Å²) in [6.07, 6.45) is 1.42. The van der Waals surface area contributed by atoms with Crippen molar-refractivity contribution in [2.45, 2.75) is 17.9 Å². The topological polar surface area (TPSA) is 71.1 Å². The molecule has 5 nitrogen and oxygen atoms in total. The number of aromatic nitrogens is 1. The second kappa shape index (κ2) is 7.79. The molecule has 1 unspecified atom stereocenters. The van der Waals surface area contributed by atoms with Crippen molar-refractivity contribution in [2.75, 3.05) is 10.0 Å². The zero-order chi connectivity index (χ0) is 19.6. The SMILES string of the molecule is CC(Nc1cc(F)c(S(=O)(=O)Nc2nccs2)cc1Cl)c1cccc(F)c1. The maximum absolute atomic E-state index is 14.5. The summed E-state index contributed by atoms with van der Waals surface area (Å²) in [7, 11) is -4.18. The Balaban J connectivity index is 1.86. The van der Waals surface area contributed by atoms with Gasteiger partial charge in [0, 0.05) is 17.6 Å². The van der Waals surface area contributed by atoms with Crippen LogP contribution in [0.3, 0.4) is 0 Å². The van der Waals surface area contributed by atoms with Crippen LogP contribution < -0.4 is 10.0 Å². The molecule has 0 saturated carbocycles. The lowest BCUT2D eigenvalue weighted by atomic mass is 10.1. The number of benzene rings is 2. The van der Waals surface area contributed by atoms with E-state index in [1.807, 2.05) is 0 Å². The number of hydrogen-bond donors (Lipinski definition) is 2. The summed E-state index contributed by atoms with van der Waals surface area (Å²) in [6.45, 7) is 1.75. The molecule has 0 amide bonds. The first kappa shape index (κ1) is 19.5. The molecule has 1 atom stereocenters. The fraction of sp³-hybridized carbons (Fsp3) is 0.118. The van der Waals surface area contributed by atoms with Crippen LogP contribution in [0.25, 0.3) is 0 Å². The summed E-state index contributed by atoms with van der Waals surface area (Å²) in [4.78, 5) is 3.22. The Hall–Kier alpha value is -2.23. The number of anilines is 2. The number of sulfonamides is 1. The summed E-state index contributed by atoms with van der Waals surface area (Å²) >= 11 is 7.21. The van der Waals surface area contributed by atoms with Gasteiger partial charge in [0.1, 0.15) is 16.5 Å². The van der Waals surface area contributed by atoms with Gasteiger partial charge in [0.2, 0.25) is 0 Å². The van der Waals surface area contributed by atoms with E-state index in [0.29, 0.717) is 5.56 Å². The average molecular weight is 430 g/mol. The van der Waals surface area contributed by atoms with Crippen molar-refractivity contribution in [3.8, 4) is 0 Å². The van der Waals surface area contributed by atoms with E-state index < -0.39 is 26.6 Å². The minimum absolute atomic E-state index is 0.0131. The number of halogens is 3. The summed E-state index contributed by atoms with van der Waals surface area (Å²) in [5.41, 5.74) is 0.827. The Morgan fingerprint density at radius 3 is 2.67 bits per heavy atom. The van der Waals surface area contributed by atoms with Crippen molar-refractivity contribution < 1.29 is 17.2 Å². The molecule has 0 radical (unpaired) electrons. The first-order valence-electron chi connectivity index (χ1n) is 7.69. The first-order valence-corrected chi connectivity index (χ1v) is 10.4. The highest BCUT2D eigenvalue weighted by molar-refractivity contribution is 7.93. The van der Waals surface area contributed by atoms with Gasteiger partial charge in [0.25, 0.3) is 10.0 Å². The van der Waals surface area contributed by atoms with E-state index in [1.165, 1.54) is 18.3 Å². The van der Waals surface area contributed by atoms with Crippen LogP contribution in [0.5, 0.6) is 0 Å². The quantitative estimate of drug-likeness (QED) is 0.575. The lowest BCUT2D eigenvalue weighted by molar-refractivity contribution is 0.570. The maximum atomic E-state index is 14.5. The van der Waals surface area contributed by atoms with E-state index in [2.05, 4.69) is 15.0 Å². The third-order valence-electron chi connectivity index (χ3n) is 3.69. The number of rotatable bonds is 6. The monoisotopic (exact) mass is 429 g/mol. The predicted molar refractivity (Wildman–Crippen MR) is 103 cm³/mol. The molecule has 10 heteroatoms. The minimum atomic E-state index is -4.18. The van der Waals surface area contributed by atoms with Gasteiger partial charge in [-0.3, -0.25) is 4.72 Å². The van der Waals surface area contributed by atoms with E-state index in [-0.39, 0.29) is 21.9 Å². The van der Waals surface area contributed by atoms with Crippen molar-refractivity contribution in [2.24, 2.45) is 0 Å². The second-order valence-electron chi connectivity index (χ2n) is 5.63. The Bertz CT molecular complexity index is 1060. The maximum Gasteiger partial charge on any atom is 0.266 e. The van der Waals surface area contributed by atoms with Gasteiger partial charge >= 0.3 is 0 Å². The number of hydrogen-bond acceptors (Lipinski definition) is 5. The fourth-order valence-corrected chi connectivity index (χ4v) is 4.54. The molecule has 2 N–H and O–H groups in total. The largest absolute Gasteiger partial charge is 0.377 e. The van der Waals surface area contributed by atoms with Crippen molar-refractivity contribution in [3.63, 3.8) is 0 Å². The van der Waals surface area contributed by atoms with E-state index in [4.69, 9.17) is 11.6 Å². The van der Waals surface area contributed by atoms with Gasteiger partial charge < -0.3 is 5.32 Å². The molecule has 1 aromatic heterocycles. The van der Waals surface area contributed by atoms with E-state index in [9.17, 15) is 17.2 Å². The molecule has 3 rings (SSSR count). The van der Waals surface area contributed by atoms with Crippen LogP contribution in [-0.2, 0) is 10.0 Å². The molecule has 0 bridgehead atoms. The third kappa shape index (κ3) is 4.55. The Labute approximate surface area is 164 Å². The molecule has 2 aromatic carbocycles.